The van der Waals surface area contributed by atoms with Crippen LogP contribution in [-0.2, 0) is 13.6 Å². The van der Waals surface area contributed by atoms with E-state index in [4.69, 9.17) is 13.6 Å². The Labute approximate surface area is 109 Å². The van der Waals surface area contributed by atoms with Crippen LogP contribution >= 0.6 is 0 Å². The summed E-state index contributed by atoms with van der Waals surface area (Å²) in [5.41, 5.74) is 0.284. The maximum atomic E-state index is 6.52. The van der Waals surface area contributed by atoms with Gasteiger partial charge in [-0.3, -0.25) is 0 Å². The standard InChI is InChI=1S/C11H28O3Si3/c1-15(2,3)11-10-12-8-9-13-17(7,14-11)16(4,5)6/h11H,8-10H2,1-7H3. The second kappa shape index (κ2) is 5.26. The first kappa shape index (κ1) is 15.6. The smallest absolute Gasteiger partial charge is 0.312 e. The molecule has 0 aliphatic carbocycles. The first-order valence-electron chi connectivity index (χ1n) is 6.46. The SMILES string of the molecule is C[Si](C)(C)C1COCCO[Si](C)([Si](C)(C)C)O1. The van der Waals surface area contributed by atoms with Crippen LogP contribution in [0.4, 0.5) is 0 Å². The maximum absolute atomic E-state index is 6.52. The number of ether oxygens (including phenoxy) is 1. The highest BCUT2D eigenvalue weighted by atomic mass is 29.3. The van der Waals surface area contributed by atoms with Gasteiger partial charge in [-0.1, -0.05) is 39.3 Å². The van der Waals surface area contributed by atoms with Crippen LogP contribution in [0.2, 0.25) is 45.8 Å². The van der Waals surface area contributed by atoms with Gasteiger partial charge in [0.2, 0.25) is 0 Å². The summed E-state index contributed by atoms with van der Waals surface area (Å²) < 4.78 is 18.3. The van der Waals surface area contributed by atoms with Crippen LogP contribution in [-0.4, -0.2) is 49.3 Å². The van der Waals surface area contributed by atoms with Gasteiger partial charge in [-0.2, -0.15) is 0 Å². The van der Waals surface area contributed by atoms with Gasteiger partial charge in [0.05, 0.1) is 33.6 Å². The molecule has 3 nitrogen and oxygen atoms in total. The molecule has 0 spiro atoms. The van der Waals surface area contributed by atoms with E-state index in [2.05, 4.69) is 45.8 Å². The molecule has 0 aromatic heterocycles. The molecule has 1 rings (SSSR count). The number of hydrogen-bond acceptors (Lipinski definition) is 3. The van der Waals surface area contributed by atoms with Crippen molar-refractivity contribution in [3.05, 3.63) is 0 Å². The highest BCUT2D eigenvalue weighted by molar-refractivity contribution is 7.35. The molecular weight excluding hydrogens is 264 g/mol. The van der Waals surface area contributed by atoms with E-state index < -0.39 is 23.7 Å². The van der Waals surface area contributed by atoms with Crippen molar-refractivity contribution in [2.24, 2.45) is 0 Å². The summed E-state index contributed by atoms with van der Waals surface area (Å²) >= 11 is 0. The zero-order valence-electron chi connectivity index (χ0n) is 12.4. The molecule has 1 aliphatic heterocycles. The molecule has 0 radical (unpaired) electrons. The second-order valence-corrected chi connectivity index (χ2v) is 26.6. The molecule has 1 heterocycles. The van der Waals surface area contributed by atoms with Crippen LogP contribution in [0.15, 0.2) is 0 Å². The Kier molecular flexibility index (Phi) is 4.82. The van der Waals surface area contributed by atoms with Crippen molar-refractivity contribution in [2.45, 2.75) is 51.6 Å². The third-order valence-corrected chi connectivity index (χ3v) is 19.2. The predicted molar refractivity (Wildman–Crippen MR) is 80.0 cm³/mol. The molecule has 0 aromatic rings. The van der Waals surface area contributed by atoms with Crippen molar-refractivity contribution < 1.29 is 13.6 Å². The molecule has 6 heteroatoms. The van der Waals surface area contributed by atoms with Crippen molar-refractivity contribution >= 4 is 23.7 Å². The maximum Gasteiger partial charge on any atom is 0.312 e. The molecule has 1 aliphatic rings. The van der Waals surface area contributed by atoms with Crippen molar-refractivity contribution in [1.29, 1.82) is 0 Å². The van der Waals surface area contributed by atoms with Crippen LogP contribution < -0.4 is 0 Å². The van der Waals surface area contributed by atoms with E-state index >= 15 is 0 Å². The normalized spacial score (nSPS) is 33.0. The summed E-state index contributed by atoms with van der Waals surface area (Å²) in [6.07, 6.45) is 0. The lowest BCUT2D eigenvalue weighted by atomic mass is 10.7. The molecule has 1 saturated heterocycles. The zero-order chi connectivity index (χ0) is 13.3. The highest BCUT2D eigenvalue weighted by Crippen LogP contribution is 2.27. The summed E-state index contributed by atoms with van der Waals surface area (Å²) in [5.74, 6) is 0. The van der Waals surface area contributed by atoms with Crippen LogP contribution in [0.5, 0.6) is 0 Å². The predicted octanol–water partition coefficient (Wildman–Crippen LogP) is 2.78. The van der Waals surface area contributed by atoms with E-state index in [9.17, 15) is 0 Å². The molecule has 0 saturated carbocycles. The fourth-order valence-corrected chi connectivity index (χ4v) is 9.74. The van der Waals surface area contributed by atoms with Gasteiger partial charge in [0, 0.05) is 0 Å². The van der Waals surface area contributed by atoms with Crippen molar-refractivity contribution in [3.63, 3.8) is 0 Å². The Balaban J connectivity index is 2.90. The molecule has 1 fully saturated rings. The molecule has 0 N–H and O–H groups in total. The Bertz CT molecular complexity index is 260. The zero-order valence-corrected chi connectivity index (χ0v) is 15.4. The molecule has 0 aromatic carbocycles. The summed E-state index contributed by atoms with van der Waals surface area (Å²) in [5, 5.41) is 0. The lowest BCUT2D eigenvalue weighted by molar-refractivity contribution is 0.0143. The number of hydrogen-bond donors (Lipinski definition) is 0. The summed E-state index contributed by atoms with van der Waals surface area (Å²) in [6, 6.07) is 0. The van der Waals surface area contributed by atoms with Gasteiger partial charge in [-0.05, 0) is 6.55 Å². The average Bonchev–Trinajstić information content (AvgIpc) is 2.07. The quantitative estimate of drug-likeness (QED) is 0.733. The van der Waals surface area contributed by atoms with E-state index in [1.54, 1.807) is 0 Å². The summed E-state index contributed by atoms with van der Waals surface area (Å²) in [6.45, 7) is 18.6. The molecule has 0 amide bonds. The fourth-order valence-electron chi connectivity index (χ4n) is 1.65. The fraction of sp³-hybridized carbons (Fsp3) is 1.00. The Morgan fingerprint density at radius 2 is 1.59 bits per heavy atom. The van der Waals surface area contributed by atoms with Crippen molar-refractivity contribution in [1.82, 2.24) is 0 Å². The first-order valence-corrected chi connectivity index (χ1v) is 16.9. The Morgan fingerprint density at radius 1 is 1.00 bits per heavy atom. The molecular formula is C11H28O3Si3. The molecule has 2 unspecified atom stereocenters. The third-order valence-electron chi connectivity index (χ3n) is 3.57. The Hall–Kier alpha value is 0.531. The van der Waals surface area contributed by atoms with Crippen LogP contribution in [0.25, 0.3) is 0 Å². The first-order chi connectivity index (χ1) is 7.56. The summed E-state index contributed by atoms with van der Waals surface area (Å²) in [7, 11) is -4.74. The van der Waals surface area contributed by atoms with E-state index in [1.165, 1.54) is 0 Å². The van der Waals surface area contributed by atoms with Gasteiger partial charge in [0.15, 0.2) is 0 Å². The molecule has 2 atom stereocenters. The van der Waals surface area contributed by atoms with Crippen LogP contribution in [0, 0.1) is 0 Å². The topological polar surface area (TPSA) is 27.7 Å². The average molecular weight is 293 g/mol. The Morgan fingerprint density at radius 3 is 2.06 bits per heavy atom. The number of rotatable bonds is 2. The lowest BCUT2D eigenvalue weighted by Gasteiger charge is -2.44. The minimum atomic E-state index is -2.00. The highest BCUT2D eigenvalue weighted by Gasteiger charge is 2.49. The van der Waals surface area contributed by atoms with Crippen molar-refractivity contribution in [3.8, 4) is 0 Å². The summed E-state index contributed by atoms with van der Waals surface area (Å²) in [4.78, 5) is 0. The van der Waals surface area contributed by atoms with Gasteiger partial charge < -0.3 is 13.6 Å². The van der Waals surface area contributed by atoms with Crippen LogP contribution in [0.3, 0.4) is 0 Å². The van der Waals surface area contributed by atoms with Gasteiger partial charge in [-0.25, -0.2) is 0 Å². The molecule has 17 heavy (non-hydrogen) atoms. The van der Waals surface area contributed by atoms with Gasteiger partial charge in [0.25, 0.3) is 0 Å². The lowest BCUT2D eigenvalue weighted by Crippen LogP contribution is -2.65. The van der Waals surface area contributed by atoms with E-state index in [1.807, 2.05) is 0 Å². The van der Waals surface area contributed by atoms with Gasteiger partial charge in [-0.15, -0.1) is 0 Å². The minimum absolute atomic E-state index is 0.284. The van der Waals surface area contributed by atoms with Crippen molar-refractivity contribution in [2.75, 3.05) is 19.8 Å². The van der Waals surface area contributed by atoms with E-state index in [0.29, 0.717) is 6.61 Å². The second-order valence-electron chi connectivity index (χ2n) is 7.09. The minimum Gasteiger partial charge on any atom is -0.395 e. The largest absolute Gasteiger partial charge is 0.395 e. The van der Waals surface area contributed by atoms with Gasteiger partial charge >= 0.3 is 8.08 Å². The van der Waals surface area contributed by atoms with E-state index in [0.717, 1.165) is 13.2 Å². The van der Waals surface area contributed by atoms with Gasteiger partial charge in [0.1, 0.15) is 7.59 Å². The third kappa shape index (κ3) is 4.00. The monoisotopic (exact) mass is 292 g/mol. The van der Waals surface area contributed by atoms with Crippen LogP contribution in [0.1, 0.15) is 0 Å². The van der Waals surface area contributed by atoms with E-state index in [-0.39, 0.29) is 5.73 Å². The molecule has 102 valence electrons. The molecule has 0 bridgehead atoms.